The monoisotopic (exact) mass is 459 g/mol. The minimum atomic E-state index is -3.85. The van der Waals surface area contributed by atoms with Gasteiger partial charge in [0.05, 0.1) is 10.5 Å². The molecule has 2 aromatic carbocycles. The van der Waals surface area contributed by atoms with Crippen LogP contribution in [0.15, 0.2) is 65.0 Å². The van der Waals surface area contributed by atoms with Crippen molar-refractivity contribution < 1.29 is 27.4 Å². The summed E-state index contributed by atoms with van der Waals surface area (Å²) in [6.07, 6.45) is 3.81. The van der Waals surface area contributed by atoms with E-state index in [1.807, 2.05) is 19.1 Å². The molecule has 2 aromatic rings. The van der Waals surface area contributed by atoms with Crippen LogP contribution in [-0.4, -0.2) is 26.0 Å². The predicted octanol–water partition coefficient (Wildman–Crippen LogP) is 4.68. The van der Waals surface area contributed by atoms with Crippen molar-refractivity contribution in [3.63, 3.8) is 0 Å². The molecule has 0 saturated carbocycles. The summed E-state index contributed by atoms with van der Waals surface area (Å²) in [6.45, 7) is 5.38. The molecule has 0 bridgehead atoms. The van der Waals surface area contributed by atoms with Crippen LogP contribution in [0.4, 0.5) is 4.39 Å². The summed E-state index contributed by atoms with van der Waals surface area (Å²) < 4.78 is 46.9. The Morgan fingerprint density at radius 1 is 1.19 bits per heavy atom. The van der Waals surface area contributed by atoms with Gasteiger partial charge in [-0.15, -0.1) is 0 Å². The predicted molar refractivity (Wildman–Crippen MR) is 120 cm³/mol. The quantitative estimate of drug-likeness (QED) is 0.598. The zero-order chi connectivity index (χ0) is 23.5. The van der Waals surface area contributed by atoms with Crippen molar-refractivity contribution >= 4 is 16.0 Å². The van der Waals surface area contributed by atoms with Gasteiger partial charge in [0.25, 0.3) is 0 Å². The fraction of sp³-hybridized carbons (Fsp3) is 0.292. The van der Waals surface area contributed by atoms with E-state index in [0.717, 1.165) is 5.56 Å². The van der Waals surface area contributed by atoms with Gasteiger partial charge >= 0.3 is 5.97 Å². The third kappa shape index (κ3) is 5.63. The Morgan fingerprint density at radius 3 is 2.50 bits per heavy atom. The van der Waals surface area contributed by atoms with Crippen molar-refractivity contribution in [2.75, 3.05) is 6.54 Å². The second-order valence-electron chi connectivity index (χ2n) is 7.90. The van der Waals surface area contributed by atoms with Gasteiger partial charge in [-0.3, -0.25) is 0 Å². The lowest BCUT2D eigenvalue weighted by molar-refractivity contribution is 0.0695. The highest BCUT2D eigenvalue weighted by Gasteiger charge is 2.19. The molecule has 1 unspecified atom stereocenters. The molecule has 0 aromatic heterocycles. The van der Waals surface area contributed by atoms with Crippen LogP contribution in [0.1, 0.15) is 40.4 Å². The third-order valence-electron chi connectivity index (χ3n) is 5.46. The van der Waals surface area contributed by atoms with Crippen molar-refractivity contribution in [3.05, 3.63) is 82.4 Å². The number of carboxylic acids is 1. The Bertz CT molecular complexity index is 1180. The molecule has 3 rings (SSSR count). The zero-order valence-corrected chi connectivity index (χ0v) is 19.0. The second-order valence-corrected chi connectivity index (χ2v) is 9.67. The van der Waals surface area contributed by atoms with Gasteiger partial charge in [0, 0.05) is 18.9 Å². The van der Waals surface area contributed by atoms with E-state index in [0.29, 0.717) is 35.5 Å². The molecule has 0 fully saturated rings. The average Bonchev–Trinajstić information content (AvgIpc) is 2.72. The summed E-state index contributed by atoms with van der Waals surface area (Å²) in [4.78, 5) is 11.3. The van der Waals surface area contributed by atoms with Crippen molar-refractivity contribution in [3.8, 4) is 5.75 Å². The number of rotatable bonds is 8. The number of allylic oxidation sites excluding steroid dienone is 4. The third-order valence-corrected chi connectivity index (χ3v) is 6.90. The maximum absolute atomic E-state index is 13.3. The van der Waals surface area contributed by atoms with Gasteiger partial charge in [-0.05, 0) is 73.4 Å². The first-order chi connectivity index (χ1) is 15.1. The highest BCUT2D eigenvalue weighted by molar-refractivity contribution is 7.89. The Hall–Kier alpha value is -2.97. The molecule has 8 heteroatoms. The van der Waals surface area contributed by atoms with Gasteiger partial charge < -0.3 is 9.84 Å². The number of ether oxygens (including phenoxy) is 1. The van der Waals surface area contributed by atoms with E-state index in [1.54, 1.807) is 32.1 Å². The number of hydrogen-bond acceptors (Lipinski definition) is 4. The van der Waals surface area contributed by atoms with Gasteiger partial charge in [0.2, 0.25) is 10.0 Å². The van der Waals surface area contributed by atoms with Crippen molar-refractivity contribution in [1.29, 1.82) is 0 Å². The molecule has 0 saturated heterocycles. The Labute approximate surface area is 187 Å². The SMILES string of the molecule is Cc1cc(S(=O)(=O)NCCc2ccc(OC3=CC=C(F)CC3C)cc2)cc(C(=O)O)c1C. The first-order valence-electron chi connectivity index (χ1n) is 10.2. The van der Waals surface area contributed by atoms with Crippen LogP contribution in [0.3, 0.4) is 0 Å². The molecule has 1 aliphatic rings. The fourth-order valence-corrected chi connectivity index (χ4v) is 4.55. The number of carbonyl (C=O) groups is 1. The summed E-state index contributed by atoms with van der Waals surface area (Å²) in [7, 11) is -3.85. The largest absolute Gasteiger partial charge is 0.478 e. The lowest BCUT2D eigenvalue weighted by Gasteiger charge is -2.19. The molecule has 170 valence electrons. The normalized spacial score (nSPS) is 16.3. The molecular weight excluding hydrogens is 433 g/mol. The molecule has 0 aliphatic heterocycles. The Kier molecular flexibility index (Phi) is 7.16. The average molecular weight is 460 g/mol. The Balaban J connectivity index is 1.61. The number of sulfonamides is 1. The molecular formula is C24H26FNO5S. The summed E-state index contributed by atoms with van der Waals surface area (Å²) in [6, 6.07) is 9.90. The molecule has 1 aliphatic carbocycles. The van der Waals surface area contributed by atoms with E-state index in [4.69, 9.17) is 4.74 Å². The lowest BCUT2D eigenvalue weighted by Crippen LogP contribution is -2.26. The van der Waals surface area contributed by atoms with Crippen LogP contribution in [0.2, 0.25) is 0 Å². The number of carboxylic acid groups (broad SMARTS) is 1. The highest BCUT2D eigenvalue weighted by atomic mass is 32.2. The molecule has 2 N–H and O–H groups in total. The van der Waals surface area contributed by atoms with Crippen LogP contribution >= 0.6 is 0 Å². The first-order valence-corrected chi connectivity index (χ1v) is 11.7. The van der Waals surface area contributed by atoms with E-state index in [1.165, 1.54) is 18.2 Å². The second kappa shape index (κ2) is 9.67. The number of halogens is 1. The number of aromatic carboxylic acids is 1. The molecule has 0 amide bonds. The van der Waals surface area contributed by atoms with Gasteiger partial charge in [-0.2, -0.15) is 0 Å². The summed E-state index contributed by atoms with van der Waals surface area (Å²) in [5.41, 5.74) is 2.02. The minimum absolute atomic E-state index is 0.0263. The first kappa shape index (κ1) is 23.7. The topological polar surface area (TPSA) is 92.7 Å². The van der Waals surface area contributed by atoms with Crippen LogP contribution in [0, 0.1) is 19.8 Å². The summed E-state index contributed by atoms with van der Waals surface area (Å²) in [5.74, 6) is -0.0474. The molecule has 6 nitrogen and oxygen atoms in total. The lowest BCUT2D eigenvalue weighted by atomic mass is 10.00. The number of nitrogens with one attached hydrogen (secondary N) is 1. The molecule has 0 heterocycles. The summed E-state index contributed by atoms with van der Waals surface area (Å²) in [5, 5.41) is 9.31. The van der Waals surface area contributed by atoms with Gasteiger partial charge in [0.15, 0.2) is 0 Å². The van der Waals surface area contributed by atoms with Gasteiger partial charge in [-0.1, -0.05) is 19.1 Å². The minimum Gasteiger partial charge on any atom is -0.478 e. The van der Waals surface area contributed by atoms with Crippen LogP contribution < -0.4 is 9.46 Å². The van der Waals surface area contributed by atoms with Crippen LogP contribution in [0.25, 0.3) is 0 Å². The number of aryl methyl sites for hydroxylation is 1. The van der Waals surface area contributed by atoms with E-state index >= 15 is 0 Å². The highest BCUT2D eigenvalue weighted by Crippen LogP contribution is 2.28. The van der Waals surface area contributed by atoms with E-state index < -0.39 is 16.0 Å². The summed E-state index contributed by atoms with van der Waals surface area (Å²) >= 11 is 0. The van der Waals surface area contributed by atoms with Gasteiger partial charge in [-0.25, -0.2) is 22.3 Å². The maximum atomic E-state index is 13.3. The molecule has 0 radical (unpaired) electrons. The van der Waals surface area contributed by atoms with Gasteiger partial charge in [0.1, 0.15) is 17.3 Å². The smallest absolute Gasteiger partial charge is 0.336 e. The van der Waals surface area contributed by atoms with E-state index in [2.05, 4.69) is 4.72 Å². The molecule has 32 heavy (non-hydrogen) atoms. The zero-order valence-electron chi connectivity index (χ0n) is 18.2. The number of hydrogen-bond donors (Lipinski definition) is 2. The molecule has 1 atom stereocenters. The fourth-order valence-electron chi connectivity index (χ4n) is 3.41. The standard InChI is InChI=1S/C24H26FNO5S/c1-15-13-21(14-22(17(15)3)24(27)28)32(29,30)26-11-10-18-4-7-20(8-5-18)31-23-9-6-19(25)12-16(23)2/h4-9,13-14,16,26H,10-12H2,1-3H3,(H,27,28). The van der Waals surface area contributed by atoms with Crippen LogP contribution in [-0.2, 0) is 16.4 Å². The van der Waals surface area contributed by atoms with Crippen molar-refractivity contribution in [1.82, 2.24) is 4.72 Å². The molecule has 0 spiro atoms. The number of benzene rings is 2. The maximum Gasteiger partial charge on any atom is 0.336 e. The van der Waals surface area contributed by atoms with Crippen molar-refractivity contribution in [2.45, 2.75) is 38.5 Å². The Morgan fingerprint density at radius 2 is 1.88 bits per heavy atom. The van der Waals surface area contributed by atoms with E-state index in [-0.39, 0.29) is 28.7 Å². The van der Waals surface area contributed by atoms with Crippen LogP contribution in [0.5, 0.6) is 5.75 Å². The van der Waals surface area contributed by atoms with E-state index in [9.17, 15) is 22.7 Å². The van der Waals surface area contributed by atoms with Crippen molar-refractivity contribution in [2.24, 2.45) is 5.92 Å².